The summed E-state index contributed by atoms with van der Waals surface area (Å²) in [5.74, 6) is -0.686. The van der Waals surface area contributed by atoms with Gasteiger partial charge in [-0.1, -0.05) is 47.7 Å². The third-order valence-electron chi connectivity index (χ3n) is 4.90. The van der Waals surface area contributed by atoms with Crippen LogP contribution in [0.4, 0.5) is 10.1 Å². The first-order valence-electron chi connectivity index (χ1n) is 10.4. The molecule has 3 aromatic rings. The molecule has 0 radical (unpaired) electrons. The van der Waals surface area contributed by atoms with E-state index < -0.39 is 17.8 Å². The largest absolute Gasteiger partial charge is 0.342 e. The first-order chi connectivity index (χ1) is 15.8. The molecule has 0 fully saturated rings. The lowest BCUT2D eigenvalue weighted by atomic mass is 10.1. The Morgan fingerprint density at radius 2 is 1.97 bits per heavy atom. The minimum absolute atomic E-state index is 0.0446. The topological polar surface area (TPSA) is 88.9 Å². The lowest BCUT2D eigenvalue weighted by molar-refractivity contribution is -0.113. The minimum atomic E-state index is -0.596. The zero-order valence-electron chi connectivity index (χ0n) is 18.8. The summed E-state index contributed by atoms with van der Waals surface area (Å²) in [4.78, 5) is 24.9. The number of amides is 2. The summed E-state index contributed by atoms with van der Waals surface area (Å²) in [6.07, 6.45) is 1.68. The number of carbonyl (C=O) groups is 2. The summed E-state index contributed by atoms with van der Waals surface area (Å²) in [6, 6.07) is 11.1. The molecule has 9 heteroatoms. The number of halogens is 1. The van der Waals surface area contributed by atoms with Crippen molar-refractivity contribution in [1.82, 2.24) is 20.1 Å². The summed E-state index contributed by atoms with van der Waals surface area (Å²) in [6.45, 7) is 9.84. The summed E-state index contributed by atoms with van der Waals surface area (Å²) in [5.41, 5.74) is 2.84. The fourth-order valence-corrected chi connectivity index (χ4v) is 4.04. The maximum atomic E-state index is 13.9. The zero-order valence-corrected chi connectivity index (χ0v) is 19.6. The Kier molecular flexibility index (Phi) is 8.00. The number of aromatic nitrogens is 3. The molecular formula is C24H26FN5O2S. The molecule has 33 heavy (non-hydrogen) atoms. The van der Waals surface area contributed by atoms with Crippen LogP contribution in [-0.2, 0) is 11.3 Å². The molecule has 0 saturated heterocycles. The van der Waals surface area contributed by atoms with Crippen LogP contribution in [-0.4, -0.2) is 32.3 Å². The Balaban J connectivity index is 1.68. The van der Waals surface area contributed by atoms with E-state index in [0.717, 1.165) is 16.8 Å². The molecule has 1 heterocycles. The number of carbonyl (C=O) groups excluding carboxylic acids is 2. The summed E-state index contributed by atoms with van der Waals surface area (Å²) in [7, 11) is 0. The molecular weight excluding hydrogens is 441 g/mol. The van der Waals surface area contributed by atoms with Crippen molar-refractivity contribution < 1.29 is 14.0 Å². The highest BCUT2D eigenvalue weighted by Crippen LogP contribution is 2.22. The molecule has 0 unspecified atom stereocenters. The van der Waals surface area contributed by atoms with Gasteiger partial charge in [-0.25, -0.2) is 4.39 Å². The first-order valence-corrected chi connectivity index (χ1v) is 11.4. The Morgan fingerprint density at radius 3 is 2.67 bits per heavy atom. The van der Waals surface area contributed by atoms with E-state index in [1.54, 1.807) is 23.6 Å². The van der Waals surface area contributed by atoms with Crippen molar-refractivity contribution in [1.29, 1.82) is 0 Å². The highest BCUT2D eigenvalue weighted by atomic mass is 32.2. The number of rotatable bonds is 9. The van der Waals surface area contributed by atoms with Crippen LogP contribution in [0.3, 0.4) is 0 Å². The van der Waals surface area contributed by atoms with Crippen LogP contribution in [0, 0.1) is 19.7 Å². The van der Waals surface area contributed by atoms with Gasteiger partial charge >= 0.3 is 0 Å². The molecule has 2 aromatic carbocycles. The van der Waals surface area contributed by atoms with E-state index in [1.807, 2.05) is 32.0 Å². The summed E-state index contributed by atoms with van der Waals surface area (Å²) >= 11 is 1.24. The van der Waals surface area contributed by atoms with E-state index in [9.17, 15) is 14.0 Å². The van der Waals surface area contributed by atoms with Gasteiger partial charge in [0, 0.05) is 12.2 Å². The van der Waals surface area contributed by atoms with Crippen molar-refractivity contribution >= 4 is 29.3 Å². The highest BCUT2D eigenvalue weighted by molar-refractivity contribution is 7.99. The van der Waals surface area contributed by atoms with Crippen LogP contribution in [0.25, 0.3) is 0 Å². The van der Waals surface area contributed by atoms with Crippen molar-refractivity contribution in [2.24, 2.45) is 0 Å². The van der Waals surface area contributed by atoms with E-state index in [-0.39, 0.29) is 17.2 Å². The van der Waals surface area contributed by atoms with Gasteiger partial charge in [-0.2, -0.15) is 0 Å². The number of hydrogen-bond donors (Lipinski definition) is 2. The van der Waals surface area contributed by atoms with Crippen LogP contribution >= 0.6 is 11.8 Å². The lowest BCUT2D eigenvalue weighted by Gasteiger charge is -2.15. The monoisotopic (exact) mass is 467 g/mol. The van der Waals surface area contributed by atoms with Crippen molar-refractivity contribution in [2.45, 2.75) is 38.5 Å². The van der Waals surface area contributed by atoms with Gasteiger partial charge in [0.15, 0.2) is 11.0 Å². The molecule has 0 spiro atoms. The van der Waals surface area contributed by atoms with Crippen LogP contribution in [0.15, 0.2) is 60.3 Å². The fourth-order valence-electron chi connectivity index (χ4n) is 3.28. The van der Waals surface area contributed by atoms with Gasteiger partial charge in [-0.05, 0) is 44.5 Å². The van der Waals surface area contributed by atoms with E-state index >= 15 is 0 Å². The van der Waals surface area contributed by atoms with E-state index in [0.29, 0.717) is 17.5 Å². The van der Waals surface area contributed by atoms with Gasteiger partial charge < -0.3 is 15.2 Å². The average molecular weight is 468 g/mol. The molecule has 0 aliphatic heterocycles. The quantitative estimate of drug-likeness (QED) is 0.359. The maximum absolute atomic E-state index is 13.9. The predicted octanol–water partition coefficient (Wildman–Crippen LogP) is 4.44. The number of hydrogen-bond acceptors (Lipinski definition) is 5. The highest BCUT2D eigenvalue weighted by Gasteiger charge is 2.21. The Bertz CT molecular complexity index is 1180. The van der Waals surface area contributed by atoms with Crippen LogP contribution in [0.5, 0.6) is 0 Å². The molecule has 2 N–H and O–H groups in total. The first kappa shape index (κ1) is 24.2. The minimum Gasteiger partial charge on any atom is -0.342 e. The molecule has 0 aliphatic carbocycles. The molecule has 0 saturated carbocycles. The molecule has 172 valence electrons. The van der Waals surface area contributed by atoms with Gasteiger partial charge in [-0.3, -0.25) is 9.59 Å². The maximum Gasteiger partial charge on any atom is 0.254 e. The van der Waals surface area contributed by atoms with E-state index in [4.69, 9.17) is 0 Å². The van der Waals surface area contributed by atoms with Gasteiger partial charge in [0.25, 0.3) is 5.91 Å². The Hall–Kier alpha value is -3.46. The van der Waals surface area contributed by atoms with Gasteiger partial charge in [0.05, 0.1) is 17.4 Å². The van der Waals surface area contributed by atoms with Crippen LogP contribution in [0.2, 0.25) is 0 Å². The Labute approximate surface area is 196 Å². The van der Waals surface area contributed by atoms with Gasteiger partial charge in [0.2, 0.25) is 5.91 Å². The third kappa shape index (κ3) is 6.07. The number of allylic oxidation sites excluding steroid dienone is 1. The summed E-state index contributed by atoms with van der Waals surface area (Å²) < 4.78 is 15.7. The fraction of sp³-hybridized carbons (Fsp3) is 0.250. The Morgan fingerprint density at radius 1 is 1.21 bits per heavy atom. The molecule has 0 bridgehead atoms. The van der Waals surface area contributed by atoms with Crippen molar-refractivity contribution in [3.05, 3.63) is 83.5 Å². The second kappa shape index (κ2) is 10.9. The van der Waals surface area contributed by atoms with Crippen molar-refractivity contribution in [3.8, 4) is 0 Å². The zero-order chi connectivity index (χ0) is 24.0. The molecule has 3 rings (SSSR count). The average Bonchev–Trinajstić information content (AvgIpc) is 3.17. The number of aryl methyl sites for hydroxylation is 2. The number of nitrogens with one attached hydrogen (secondary N) is 2. The standard InChI is InChI=1S/C24H26FN5O2S/c1-5-12-30-22(17(4)26-23(32)18-8-6-7-9-19(18)25)28-29-24(30)33-14-21(31)27-20-11-10-15(2)13-16(20)3/h5-11,13,17H,1,12,14H2,2-4H3,(H,26,32)(H,27,31)/t17-/m1/s1. The van der Waals surface area contributed by atoms with Crippen molar-refractivity contribution in [3.63, 3.8) is 0 Å². The molecule has 1 atom stereocenters. The van der Waals surface area contributed by atoms with E-state index in [2.05, 4.69) is 27.4 Å². The summed E-state index contributed by atoms with van der Waals surface area (Å²) in [5, 5.41) is 14.6. The number of thioether (sulfide) groups is 1. The third-order valence-corrected chi connectivity index (χ3v) is 5.87. The van der Waals surface area contributed by atoms with Crippen LogP contribution < -0.4 is 10.6 Å². The van der Waals surface area contributed by atoms with Crippen LogP contribution in [0.1, 0.15) is 40.3 Å². The normalized spacial score (nSPS) is 11.6. The second-order valence-corrected chi connectivity index (χ2v) is 8.51. The number of nitrogens with zero attached hydrogens (tertiary/aromatic N) is 3. The van der Waals surface area contributed by atoms with E-state index in [1.165, 1.54) is 30.0 Å². The SMILES string of the molecule is C=CCn1c(SCC(=O)Nc2ccc(C)cc2C)nnc1[C@@H](C)NC(=O)c1ccccc1F. The molecule has 0 aliphatic rings. The molecule has 1 aromatic heterocycles. The molecule has 2 amide bonds. The predicted molar refractivity (Wildman–Crippen MR) is 128 cm³/mol. The van der Waals surface area contributed by atoms with Gasteiger partial charge in [-0.15, -0.1) is 16.8 Å². The number of anilines is 1. The second-order valence-electron chi connectivity index (χ2n) is 7.57. The smallest absolute Gasteiger partial charge is 0.254 e. The van der Waals surface area contributed by atoms with Crippen molar-refractivity contribution in [2.75, 3.05) is 11.1 Å². The lowest BCUT2D eigenvalue weighted by Crippen LogP contribution is -2.29. The molecule has 7 nitrogen and oxygen atoms in total. The van der Waals surface area contributed by atoms with Gasteiger partial charge in [0.1, 0.15) is 5.82 Å². The number of benzene rings is 2.